The van der Waals surface area contributed by atoms with Crippen molar-refractivity contribution < 1.29 is 9.53 Å². The summed E-state index contributed by atoms with van der Waals surface area (Å²) in [4.78, 5) is 14.0. The van der Waals surface area contributed by atoms with Crippen LogP contribution in [0, 0.1) is 5.92 Å². The van der Waals surface area contributed by atoms with Crippen LogP contribution in [0.3, 0.4) is 0 Å². The minimum absolute atomic E-state index is 0.187. The summed E-state index contributed by atoms with van der Waals surface area (Å²) in [6, 6.07) is 10.3. The molecule has 0 bridgehead atoms. The van der Waals surface area contributed by atoms with Crippen LogP contribution in [0.4, 0.5) is 4.79 Å². The van der Waals surface area contributed by atoms with Crippen LogP contribution in [0.1, 0.15) is 32.3 Å². The first-order valence-corrected chi connectivity index (χ1v) is 7.84. The highest BCUT2D eigenvalue weighted by molar-refractivity contribution is 5.67. The van der Waals surface area contributed by atoms with Crippen molar-refractivity contribution in [2.24, 2.45) is 5.92 Å². The second-order valence-corrected chi connectivity index (χ2v) is 6.06. The van der Waals surface area contributed by atoms with E-state index in [1.165, 1.54) is 6.42 Å². The normalized spacial score (nSPS) is 18.8. The zero-order valence-electron chi connectivity index (χ0n) is 13.0. The molecule has 1 aliphatic rings. The van der Waals surface area contributed by atoms with Crippen LogP contribution in [0.5, 0.6) is 0 Å². The van der Waals surface area contributed by atoms with Gasteiger partial charge in [0.25, 0.3) is 0 Å². The summed E-state index contributed by atoms with van der Waals surface area (Å²) in [5, 5.41) is 3.45. The Labute approximate surface area is 127 Å². The van der Waals surface area contributed by atoms with Gasteiger partial charge in [0.15, 0.2) is 0 Å². The number of piperidine rings is 1. The fourth-order valence-electron chi connectivity index (χ4n) is 2.61. The van der Waals surface area contributed by atoms with Gasteiger partial charge in [0.2, 0.25) is 0 Å². The Balaban J connectivity index is 1.76. The topological polar surface area (TPSA) is 41.6 Å². The third-order valence-electron chi connectivity index (χ3n) is 3.80. The Bertz CT molecular complexity index is 434. The van der Waals surface area contributed by atoms with E-state index in [9.17, 15) is 4.79 Å². The monoisotopic (exact) mass is 290 g/mol. The lowest BCUT2D eigenvalue weighted by Crippen LogP contribution is -2.43. The quantitative estimate of drug-likeness (QED) is 0.906. The van der Waals surface area contributed by atoms with E-state index in [1.807, 2.05) is 35.2 Å². The van der Waals surface area contributed by atoms with Crippen molar-refractivity contribution >= 4 is 6.09 Å². The number of carbonyl (C=O) groups is 1. The van der Waals surface area contributed by atoms with Crippen molar-refractivity contribution in [3.05, 3.63) is 35.9 Å². The van der Waals surface area contributed by atoms with Crippen LogP contribution in [-0.2, 0) is 11.3 Å². The lowest BCUT2D eigenvalue weighted by Gasteiger charge is -2.32. The van der Waals surface area contributed by atoms with Crippen LogP contribution >= 0.6 is 0 Å². The fraction of sp³-hybridized carbons (Fsp3) is 0.588. The van der Waals surface area contributed by atoms with Crippen LogP contribution < -0.4 is 5.32 Å². The van der Waals surface area contributed by atoms with E-state index in [4.69, 9.17) is 4.74 Å². The Hall–Kier alpha value is -1.55. The molecular weight excluding hydrogens is 264 g/mol. The Morgan fingerprint density at radius 3 is 2.86 bits per heavy atom. The Kier molecular flexibility index (Phi) is 6.05. The van der Waals surface area contributed by atoms with Gasteiger partial charge in [-0.15, -0.1) is 0 Å². The molecule has 0 aliphatic carbocycles. The van der Waals surface area contributed by atoms with Gasteiger partial charge in [-0.2, -0.15) is 0 Å². The highest BCUT2D eigenvalue weighted by Gasteiger charge is 2.24. The van der Waals surface area contributed by atoms with Gasteiger partial charge in [0, 0.05) is 19.1 Å². The van der Waals surface area contributed by atoms with Gasteiger partial charge in [-0.3, -0.25) is 0 Å². The molecule has 1 atom stereocenters. The molecule has 1 N–H and O–H groups in total. The molecule has 1 aromatic carbocycles. The first-order chi connectivity index (χ1) is 10.1. The molecule has 2 rings (SSSR count). The molecule has 1 heterocycles. The number of carbonyl (C=O) groups excluding carboxylic acids is 1. The number of likely N-dealkylation sites (tertiary alicyclic amines) is 1. The number of nitrogens with one attached hydrogen (secondary N) is 1. The van der Waals surface area contributed by atoms with Crippen LogP contribution in [0.15, 0.2) is 30.3 Å². The van der Waals surface area contributed by atoms with Gasteiger partial charge in [0.1, 0.15) is 6.61 Å². The van der Waals surface area contributed by atoms with E-state index in [0.29, 0.717) is 18.6 Å². The van der Waals surface area contributed by atoms with E-state index in [1.54, 1.807) is 0 Å². The van der Waals surface area contributed by atoms with Gasteiger partial charge >= 0.3 is 6.09 Å². The van der Waals surface area contributed by atoms with Gasteiger partial charge in [-0.1, -0.05) is 44.2 Å². The summed E-state index contributed by atoms with van der Waals surface area (Å²) in [5.41, 5.74) is 1.03. The van der Waals surface area contributed by atoms with Crippen LogP contribution in [-0.4, -0.2) is 36.7 Å². The summed E-state index contributed by atoms with van der Waals surface area (Å²) in [6.45, 7) is 7.23. The van der Waals surface area contributed by atoms with E-state index in [-0.39, 0.29) is 6.09 Å². The molecule has 1 fully saturated rings. The molecule has 4 heteroatoms. The fourth-order valence-corrected chi connectivity index (χ4v) is 2.61. The number of hydrogen-bond donors (Lipinski definition) is 1. The van der Waals surface area contributed by atoms with Gasteiger partial charge in [-0.05, 0) is 30.9 Å². The number of ether oxygens (including phenoxy) is 1. The first-order valence-electron chi connectivity index (χ1n) is 7.84. The molecule has 1 aliphatic heterocycles. The Morgan fingerprint density at radius 1 is 1.38 bits per heavy atom. The summed E-state index contributed by atoms with van der Waals surface area (Å²) in [6.07, 6.45) is 2.06. The van der Waals surface area contributed by atoms with Gasteiger partial charge in [0.05, 0.1) is 0 Å². The number of amides is 1. The SMILES string of the molecule is CC(C)NCC1CCCN(C(=O)OCc2ccccc2)C1. The summed E-state index contributed by atoms with van der Waals surface area (Å²) in [5.74, 6) is 0.533. The number of nitrogens with zero attached hydrogens (tertiary/aromatic N) is 1. The Morgan fingerprint density at radius 2 is 2.14 bits per heavy atom. The highest BCUT2D eigenvalue weighted by atomic mass is 16.6. The zero-order valence-corrected chi connectivity index (χ0v) is 13.0. The summed E-state index contributed by atoms with van der Waals surface area (Å²) < 4.78 is 5.41. The third kappa shape index (κ3) is 5.38. The predicted octanol–water partition coefficient (Wildman–Crippen LogP) is 3.03. The van der Waals surface area contributed by atoms with Crippen LogP contribution in [0.25, 0.3) is 0 Å². The minimum atomic E-state index is -0.187. The average molecular weight is 290 g/mol. The van der Waals surface area contributed by atoms with Crippen molar-refractivity contribution in [2.75, 3.05) is 19.6 Å². The van der Waals surface area contributed by atoms with Crippen molar-refractivity contribution in [1.29, 1.82) is 0 Å². The smallest absolute Gasteiger partial charge is 0.410 e. The largest absolute Gasteiger partial charge is 0.445 e. The molecule has 4 nitrogen and oxygen atoms in total. The number of rotatable bonds is 5. The van der Waals surface area contributed by atoms with E-state index >= 15 is 0 Å². The van der Waals surface area contributed by atoms with Crippen molar-refractivity contribution in [2.45, 2.75) is 39.3 Å². The van der Waals surface area contributed by atoms with E-state index in [0.717, 1.165) is 31.6 Å². The third-order valence-corrected chi connectivity index (χ3v) is 3.80. The standard InChI is InChI=1S/C17H26N2O2/c1-14(2)18-11-16-9-6-10-19(12-16)17(20)21-13-15-7-4-3-5-8-15/h3-5,7-8,14,16,18H,6,9-13H2,1-2H3. The summed E-state index contributed by atoms with van der Waals surface area (Å²) >= 11 is 0. The molecule has 1 amide bonds. The molecule has 0 spiro atoms. The molecule has 0 aromatic heterocycles. The van der Waals surface area contributed by atoms with E-state index in [2.05, 4.69) is 19.2 Å². The van der Waals surface area contributed by atoms with Gasteiger partial charge < -0.3 is 15.0 Å². The molecule has 1 saturated heterocycles. The maximum absolute atomic E-state index is 12.1. The molecular formula is C17H26N2O2. The lowest BCUT2D eigenvalue weighted by molar-refractivity contribution is 0.0788. The van der Waals surface area contributed by atoms with Crippen molar-refractivity contribution in [3.8, 4) is 0 Å². The molecule has 0 saturated carbocycles. The van der Waals surface area contributed by atoms with Gasteiger partial charge in [-0.25, -0.2) is 4.79 Å². The molecule has 1 unspecified atom stereocenters. The average Bonchev–Trinajstić information content (AvgIpc) is 2.52. The van der Waals surface area contributed by atoms with E-state index < -0.39 is 0 Å². The minimum Gasteiger partial charge on any atom is -0.445 e. The maximum atomic E-state index is 12.1. The maximum Gasteiger partial charge on any atom is 0.410 e. The molecule has 1 aromatic rings. The summed E-state index contributed by atoms with van der Waals surface area (Å²) in [7, 11) is 0. The van der Waals surface area contributed by atoms with Crippen LogP contribution in [0.2, 0.25) is 0 Å². The molecule has 0 radical (unpaired) electrons. The highest BCUT2D eigenvalue weighted by Crippen LogP contribution is 2.17. The number of benzene rings is 1. The zero-order chi connectivity index (χ0) is 15.1. The number of hydrogen-bond acceptors (Lipinski definition) is 3. The van der Waals surface area contributed by atoms with Crippen molar-refractivity contribution in [1.82, 2.24) is 10.2 Å². The second kappa shape index (κ2) is 8.03. The second-order valence-electron chi connectivity index (χ2n) is 6.06. The molecule has 21 heavy (non-hydrogen) atoms. The lowest BCUT2D eigenvalue weighted by atomic mass is 9.98. The first kappa shape index (κ1) is 15.8. The molecule has 116 valence electrons. The van der Waals surface area contributed by atoms with Crippen molar-refractivity contribution in [3.63, 3.8) is 0 Å². The predicted molar refractivity (Wildman–Crippen MR) is 84.1 cm³/mol.